The molecule has 0 amide bonds. The molecule has 25 heavy (non-hydrogen) atoms. The van der Waals surface area contributed by atoms with Crippen LogP contribution in [-0.2, 0) is 19.6 Å². The number of carbonyl (C=O) groups excluding carboxylic acids is 2. The van der Waals surface area contributed by atoms with Gasteiger partial charge in [-0.3, -0.25) is 9.10 Å². The van der Waals surface area contributed by atoms with Crippen molar-refractivity contribution < 1.29 is 22.7 Å². The molecule has 0 aliphatic rings. The number of sulfonamides is 1. The SMILES string of the molecule is CC(=O)[C@@H](C)OC(=O)c1ccc(S(=O)(=O)N(C)c2ccccc2)cc1. The highest BCUT2D eigenvalue weighted by molar-refractivity contribution is 7.92. The van der Waals surface area contributed by atoms with Gasteiger partial charge in [0.1, 0.15) is 0 Å². The van der Waals surface area contributed by atoms with Crippen molar-refractivity contribution in [3.05, 3.63) is 60.2 Å². The van der Waals surface area contributed by atoms with E-state index in [0.717, 1.165) is 4.31 Å². The predicted molar refractivity (Wildman–Crippen MR) is 94.0 cm³/mol. The molecule has 0 N–H and O–H groups in total. The number of ether oxygens (including phenoxy) is 1. The molecule has 0 saturated carbocycles. The van der Waals surface area contributed by atoms with Crippen molar-refractivity contribution in [2.75, 3.05) is 11.4 Å². The highest BCUT2D eigenvalue weighted by Crippen LogP contribution is 2.22. The zero-order chi connectivity index (χ0) is 18.6. The largest absolute Gasteiger partial charge is 0.451 e. The lowest BCUT2D eigenvalue weighted by Crippen LogP contribution is -2.26. The normalized spacial score (nSPS) is 12.3. The van der Waals surface area contributed by atoms with E-state index >= 15 is 0 Å². The van der Waals surface area contributed by atoms with Crippen molar-refractivity contribution in [2.24, 2.45) is 0 Å². The number of anilines is 1. The fraction of sp³-hybridized carbons (Fsp3) is 0.222. The quantitative estimate of drug-likeness (QED) is 0.739. The Balaban J connectivity index is 2.21. The molecule has 0 bridgehead atoms. The standard InChI is InChI=1S/C18H19NO5S/c1-13(20)14(2)24-18(21)15-9-11-17(12-10-15)25(22,23)19(3)16-7-5-4-6-8-16/h4-12,14H,1-3H3/t14-/m1/s1. The van der Waals surface area contributed by atoms with Crippen LogP contribution in [0.15, 0.2) is 59.5 Å². The zero-order valence-corrected chi connectivity index (χ0v) is 15.0. The minimum atomic E-state index is -3.74. The molecule has 132 valence electrons. The number of Topliss-reactive ketones (excluding diaryl/α,β-unsaturated/α-hetero) is 1. The summed E-state index contributed by atoms with van der Waals surface area (Å²) in [4.78, 5) is 23.1. The van der Waals surface area contributed by atoms with Gasteiger partial charge in [-0.2, -0.15) is 0 Å². The average molecular weight is 361 g/mol. The smallest absolute Gasteiger partial charge is 0.338 e. The summed E-state index contributed by atoms with van der Waals surface area (Å²) in [6.45, 7) is 2.81. The molecule has 7 heteroatoms. The van der Waals surface area contributed by atoms with Crippen molar-refractivity contribution in [1.82, 2.24) is 0 Å². The number of hydrogen-bond donors (Lipinski definition) is 0. The first-order valence-corrected chi connectivity index (χ1v) is 9.03. The molecule has 6 nitrogen and oxygen atoms in total. The summed E-state index contributed by atoms with van der Waals surface area (Å²) >= 11 is 0. The van der Waals surface area contributed by atoms with E-state index in [9.17, 15) is 18.0 Å². The Labute approximate surface area is 147 Å². The molecule has 0 radical (unpaired) electrons. The van der Waals surface area contributed by atoms with Gasteiger partial charge in [-0.05, 0) is 50.2 Å². The van der Waals surface area contributed by atoms with E-state index in [4.69, 9.17) is 4.74 Å². The lowest BCUT2D eigenvalue weighted by atomic mass is 10.2. The number of esters is 1. The highest BCUT2D eigenvalue weighted by atomic mass is 32.2. The van der Waals surface area contributed by atoms with Crippen LogP contribution in [0.25, 0.3) is 0 Å². The van der Waals surface area contributed by atoms with E-state index in [1.807, 2.05) is 0 Å². The molecule has 0 aliphatic carbocycles. The molecule has 0 spiro atoms. The molecule has 0 heterocycles. The number of rotatable bonds is 6. The number of hydrogen-bond acceptors (Lipinski definition) is 5. The molecule has 0 fully saturated rings. The Kier molecular flexibility index (Phi) is 5.58. The molecule has 2 aromatic carbocycles. The number of carbonyl (C=O) groups is 2. The summed E-state index contributed by atoms with van der Waals surface area (Å²) in [5.74, 6) is -0.944. The van der Waals surface area contributed by atoms with Gasteiger partial charge in [0.05, 0.1) is 16.1 Å². The van der Waals surface area contributed by atoms with Crippen molar-refractivity contribution in [2.45, 2.75) is 24.8 Å². The van der Waals surface area contributed by atoms with Gasteiger partial charge in [0.2, 0.25) is 0 Å². The number of ketones is 1. The second kappa shape index (κ2) is 7.48. The van der Waals surface area contributed by atoms with Crippen LogP contribution >= 0.6 is 0 Å². The third kappa shape index (κ3) is 4.24. The maximum absolute atomic E-state index is 12.6. The van der Waals surface area contributed by atoms with Crippen molar-refractivity contribution >= 4 is 27.5 Å². The summed E-state index contributed by atoms with van der Waals surface area (Å²) in [5.41, 5.74) is 0.704. The van der Waals surface area contributed by atoms with Crippen molar-refractivity contribution in [3.63, 3.8) is 0 Å². The molecule has 0 saturated heterocycles. The first kappa shape index (κ1) is 18.7. The fourth-order valence-electron chi connectivity index (χ4n) is 2.01. The summed E-state index contributed by atoms with van der Waals surface area (Å²) in [5, 5.41) is 0. The van der Waals surface area contributed by atoms with Crippen LogP contribution in [0, 0.1) is 0 Å². The van der Waals surface area contributed by atoms with Gasteiger partial charge in [-0.15, -0.1) is 0 Å². The Morgan fingerprint density at radius 1 is 1.00 bits per heavy atom. The number of para-hydroxylation sites is 1. The van der Waals surface area contributed by atoms with Crippen LogP contribution in [0.1, 0.15) is 24.2 Å². The van der Waals surface area contributed by atoms with E-state index in [1.165, 1.54) is 45.2 Å². The van der Waals surface area contributed by atoms with E-state index in [1.54, 1.807) is 30.3 Å². The van der Waals surface area contributed by atoms with Gasteiger partial charge in [-0.25, -0.2) is 13.2 Å². The molecule has 2 rings (SSSR count). The molecule has 0 unspecified atom stereocenters. The average Bonchev–Trinajstić information content (AvgIpc) is 2.61. The number of benzene rings is 2. The lowest BCUT2D eigenvalue weighted by Gasteiger charge is -2.19. The van der Waals surface area contributed by atoms with Crippen LogP contribution in [-0.4, -0.2) is 33.3 Å². The van der Waals surface area contributed by atoms with Gasteiger partial charge >= 0.3 is 5.97 Å². The third-order valence-corrected chi connectivity index (χ3v) is 5.52. The van der Waals surface area contributed by atoms with Gasteiger partial charge in [0.15, 0.2) is 11.9 Å². The summed E-state index contributed by atoms with van der Waals surface area (Å²) in [6, 6.07) is 14.1. The summed E-state index contributed by atoms with van der Waals surface area (Å²) < 4.78 is 31.4. The van der Waals surface area contributed by atoms with Crippen LogP contribution < -0.4 is 4.31 Å². The Morgan fingerprint density at radius 2 is 1.56 bits per heavy atom. The molecule has 1 atom stereocenters. The lowest BCUT2D eigenvalue weighted by molar-refractivity contribution is -0.124. The van der Waals surface area contributed by atoms with Gasteiger partial charge in [-0.1, -0.05) is 18.2 Å². The van der Waals surface area contributed by atoms with Crippen LogP contribution in [0.4, 0.5) is 5.69 Å². The molecule has 0 aliphatic heterocycles. The van der Waals surface area contributed by atoms with E-state index in [0.29, 0.717) is 5.69 Å². The maximum Gasteiger partial charge on any atom is 0.338 e. The number of nitrogens with zero attached hydrogens (tertiary/aromatic N) is 1. The minimum Gasteiger partial charge on any atom is -0.451 e. The Hall–Kier alpha value is -2.67. The van der Waals surface area contributed by atoms with E-state index in [2.05, 4.69) is 0 Å². The van der Waals surface area contributed by atoms with Gasteiger partial charge in [0, 0.05) is 7.05 Å². The minimum absolute atomic E-state index is 0.0509. The van der Waals surface area contributed by atoms with Crippen molar-refractivity contribution in [1.29, 1.82) is 0 Å². The van der Waals surface area contributed by atoms with Crippen LogP contribution in [0.3, 0.4) is 0 Å². The predicted octanol–water partition coefficient (Wildman–Crippen LogP) is 2.65. The molecule has 2 aromatic rings. The van der Waals surface area contributed by atoms with E-state index in [-0.39, 0.29) is 16.2 Å². The zero-order valence-electron chi connectivity index (χ0n) is 14.2. The summed E-state index contributed by atoms with van der Waals surface area (Å²) in [6.07, 6.45) is -0.847. The molecule has 0 aromatic heterocycles. The first-order valence-electron chi connectivity index (χ1n) is 7.59. The molecular weight excluding hydrogens is 342 g/mol. The monoisotopic (exact) mass is 361 g/mol. The first-order chi connectivity index (χ1) is 11.7. The fourth-order valence-corrected chi connectivity index (χ4v) is 3.20. The Morgan fingerprint density at radius 3 is 2.08 bits per heavy atom. The highest BCUT2D eigenvalue weighted by Gasteiger charge is 2.22. The van der Waals surface area contributed by atoms with Crippen LogP contribution in [0.2, 0.25) is 0 Å². The second-order valence-corrected chi connectivity index (χ2v) is 7.46. The van der Waals surface area contributed by atoms with Crippen LogP contribution in [0.5, 0.6) is 0 Å². The maximum atomic E-state index is 12.6. The Bertz CT molecular complexity index is 860. The van der Waals surface area contributed by atoms with E-state index < -0.39 is 22.1 Å². The molecular formula is C18H19NO5S. The summed E-state index contributed by atoms with van der Waals surface area (Å²) in [7, 11) is -2.28. The topological polar surface area (TPSA) is 80.8 Å². The van der Waals surface area contributed by atoms with Gasteiger partial charge in [0.25, 0.3) is 10.0 Å². The van der Waals surface area contributed by atoms with Crippen molar-refractivity contribution in [3.8, 4) is 0 Å². The third-order valence-electron chi connectivity index (χ3n) is 3.72. The van der Waals surface area contributed by atoms with Gasteiger partial charge < -0.3 is 4.74 Å². The second-order valence-electron chi connectivity index (χ2n) is 5.49.